The van der Waals surface area contributed by atoms with Crippen molar-refractivity contribution in [2.24, 2.45) is 0 Å². The Morgan fingerprint density at radius 1 is 0.971 bits per heavy atom. The summed E-state index contributed by atoms with van der Waals surface area (Å²) in [6, 6.07) is 15.2. The van der Waals surface area contributed by atoms with Gasteiger partial charge in [0.2, 0.25) is 11.3 Å². The first-order valence-corrected chi connectivity index (χ1v) is 11.7. The lowest BCUT2D eigenvalue weighted by molar-refractivity contribution is 0.171. The number of nitrogens with zero attached hydrogens (tertiary/aromatic N) is 5. The van der Waals surface area contributed by atoms with E-state index in [1.165, 1.54) is 0 Å². The van der Waals surface area contributed by atoms with Crippen molar-refractivity contribution < 1.29 is 14.1 Å². The number of rotatable bonds is 8. The second-order valence-electron chi connectivity index (χ2n) is 8.06. The Morgan fingerprint density at radius 2 is 1.65 bits per heavy atom. The molecule has 2 aromatic carbocycles. The SMILES string of the molecule is CCCOc1ccc(Nc2nc3nonc3nc2N2CCC(Oc3ccc(Cl)cc3)CC2)cc1. The van der Waals surface area contributed by atoms with Crippen LogP contribution in [0.4, 0.5) is 17.3 Å². The summed E-state index contributed by atoms with van der Waals surface area (Å²) in [5, 5.41) is 11.8. The largest absolute Gasteiger partial charge is 0.494 e. The molecule has 1 N–H and O–H groups in total. The lowest BCUT2D eigenvalue weighted by Crippen LogP contribution is -2.39. The van der Waals surface area contributed by atoms with E-state index in [-0.39, 0.29) is 6.10 Å². The fourth-order valence-electron chi connectivity index (χ4n) is 3.82. The van der Waals surface area contributed by atoms with Crippen molar-refractivity contribution in [3.63, 3.8) is 0 Å². The number of benzene rings is 2. The summed E-state index contributed by atoms with van der Waals surface area (Å²) in [6.07, 6.45) is 2.78. The van der Waals surface area contributed by atoms with Gasteiger partial charge in [-0.15, -0.1) is 0 Å². The van der Waals surface area contributed by atoms with E-state index < -0.39 is 0 Å². The molecule has 0 radical (unpaired) electrons. The van der Waals surface area contributed by atoms with Gasteiger partial charge >= 0.3 is 0 Å². The Hall–Kier alpha value is -3.59. The van der Waals surface area contributed by atoms with Gasteiger partial charge < -0.3 is 19.7 Å². The van der Waals surface area contributed by atoms with Gasteiger partial charge in [0.25, 0.3) is 0 Å². The molecule has 4 aromatic rings. The second-order valence-corrected chi connectivity index (χ2v) is 8.50. The highest BCUT2D eigenvalue weighted by molar-refractivity contribution is 6.30. The number of anilines is 3. The van der Waals surface area contributed by atoms with Gasteiger partial charge in [-0.2, -0.15) is 0 Å². The third-order valence-corrected chi connectivity index (χ3v) is 5.80. The molecule has 34 heavy (non-hydrogen) atoms. The quantitative estimate of drug-likeness (QED) is 0.362. The summed E-state index contributed by atoms with van der Waals surface area (Å²) in [5.74, 6) is 2.96. The molecule has 9 nitrogen and oxygen atoms in total. The van der Waals surface area contributed by atoms with Gasteiger partial charge in [-0.05, 0) is 65.3 Å². The van der Waals surface area contributed by atoms with Gasteiger partial charge in [-0.25, -0.2) is 14.6 Å². The summed E-state index contributed by atoms with van der Waals surface area (Å²) in [7, 11) is 0. The van der Waals surface area contributed by atoms with Crippen molar-refractivity contribution in [2.45, 2.75) is 32.3 Å². The Labute approximate surface area is 202 Å². The molecule has 0 aliphatic carbocycles. The average Bonchev–Trinajstić information content (AvgIpc) is 3.32. The number of aromatic nitrogens is 4. The molecule has 1 aliphatic rings. The van der Waals surface area contributed by atoms with E-state index in [9.17, 15) is 0 Å². The molecule has 0 spiro atoms. The van der Waals surface area contributed by atoms with Crippen molar-refractivity contribution in [3.8, 4) is 11.5 Å². The van der Waals surface area contributed by atoms with Gasteiger partial charge in [-0.3, -0.25) is 0 Å². The molecule has 1 aliphatic heterocycles. The van der Waals surface area contributed by atoms with Gasteiger partial charge in [0.05, 0.1) is 6.61 Å². The first-order chi connectivity index (χ1) is 16.7. The minimum absolute atomic E-state index is 0.120. The first kappa shape index (κ1) is 22.2. The third-order valence-electron chi connectivity index (χ3n) is 5.54. The third kappa shape index (κ3) is 5.14. The van der Waals surface area contributed by atoms with E-state index in [0.29, 0.717) is 34.6 Å². The van der Waals surface area contributed by atoms with Crippen LogP contribution in [-0.4, -0.2) is 46.1 Å². The van der Waals surface area contributed by atoms with Crippen LogP contribution in [-0.2, 0) is 0 Å². The van der Waals surface area contributed by atoms with Crippen LogP contribution in [0.15, 0.2) is 53.2 Å². The summed E-state index contributed by atoms with van der Waals surface area (Å²) in [4.78, 5) is 11.5. The van der Waals surface area contributed by atoms with Crippen molar-refractivity contribution in [3.05, 3.63) is 53.6 Å². The van der Waals surface area contributed by atoms with Crippen LogP contribution in [0.5, 0.6) is 11.5 Å². The van der Waals surface area contributed by atoms with Crippen molar-refractivity contribution in [2.75, 3.05) is 29.9 Å². The summed E-state index contributed by atoms with van der Waals surface area (Å²) in [6.45, 7) is 4.30. The predicted molar refractivity (Wildman–Crippen MR) is 130 cm³/mol. The summed E-state index contributed by atoms with van der Waals surface area (Å²) < 4.78 is 16.6. The predicted octanol–water partition coefficient (Wildman–Crippen LogP) is 5.25. The molecule has 10 heteroatoms. The molecular weight excluding hydrogens is 456 g/mol. The molecule has 0 unspecified atom stereocenters. The van der Waals surface area contributed by atoms with Gasteiger partial charge in [0.1, 0.15) is 17.6 Å². The molecular formula is C24H25ClN6O3. The maximum absolute atomic E-state index is 6.13. The van der Waals surface area contributed by atoms with E-state index in [2.05, 4.69) is 37.4 Å². The van der Waals surface area contributed by atoms with Gasteiger partial charge in [-0.1, -0.05) is 18.5 Å². The molecule has 0 saturated carbocycles. The molecule has 1 fully saturated rings. The monoisotopic (exact) mass is 480 g/mol. The zero-order chi connectivity index (χ0) is 23.3. The normalized spacial score (nSPS) is 14.4. The van der Waals surface area contributed by atoms with E-state index in [1.54, 1.807) is 0 Å². The van der Waals surface area contributed by atoms with E-state index in [1.807, 2.05) is 48.5 Å². The average molecular weight is 481 g/mol. The molecule has 0 amide bonds. The smallest absolute Gasteiger partial charge is 0.245 e. The molecule has 5 rings (SSSR count). The topological polar surface area (TPSA) is 98.4 Å². The van der Waals surface area contributed by atoms with E-state index in [4.69, 9.17) is 25.7 Å². The summed E-state index contributed by atoms with van der Waals surface area (Å²) in [5.41, 5.74) is 1.61. The first-order valence-electron chi connectivity index (χ1n) is 11.4. The van der Waals surface area contributed by atoms with Crippen molar-refractivity contribution >= 4 is 40.2 Å². The molecule has 0 bridgehead atoms. The second kappa shape index (κ2) is 10.1. The maximum atomic E-state index is 6.13. The Kier molecular flexibility index (Phi) is 6.62. The number of ether oxygens (including phenoxy) is 2. The van der Waals surface area contributed by atoms with Gasteiger partial charge in [0, 0.05) is 36.6 Å². The number of hydrogen-bond acceptors (Lipinski definition) is 9. The number of piperidine rings is 1. The summed E-state index contributed by atoms with van der Waals surface area (Å²) >= 11 is 5.97. The van der Waals surface area contributed by atoms with Crippen LogP contribution in [0.3, 0.4) is 0 Å². The van der Waals surface area contributed by atoms with Crippen LogP contribution in [0.25, 0.3) is 11.3 Å². The van der Waals surface area contributed by atoms with E-state index in [0.717, 1.165) is 49.5 Å². The van der Waals surface area contributed by atoms with Crippen LogP contribution >= 0.6 is 11.6 Å². The van der Waals surface area contributed by atoms with Gasteiger partial charge in [0.15, 0.2) is 11.6 Å². The van der Waals surface area contributed by atoms with Crippen molar-refractivity contribution in [1.29, 1.82) is 0 Å². The molecule has 0 atom stereocenters. The number of hydrogen-bond donors (Lipinski definition) is 1. The molecule has 1 saturated heterocycles. The minimum Gasteiger partial charge on any atom is -0.494 e. The standard InChI is InChI=1S/C24H25ClN6O3/c1-2-15-32-18-9-5-17(6-10-18)26-23-24(28-22-21(27-23)29-34-30-22)31-13-11-20(12-14-31)33-19-7-3-16(25)4-8-19/h3-10,20H,2,11-15H2,1H3,(H,26,27,29). The van der Waals surface area contributed by atoms with Crippen LogP contribution in [0.2, 0.25) is 5.02 Å². The fraction of sp³-hybridized carbons (Fsp3) is 0.333. The van der Waals surface area contributed by atoms with E-state index >= 15 is 0 Å². The van der Waals surface area contributed by atoms with Crippen molar-refractivity contribution in [1.82, 2.24) is 20.3 Å². The number of fused-ring (bicyclic) bond motifs is 1. The zero-order valence-corrected chi connectivity index (χ0v) is 19.5. The fourth-order valence-corrected chi connectivity index (χ4v) is 3.94. The lowest BCUT2D eigenvalue weighted by Gasteiger charge is -2.33. The highest BCUT2D eigenvalue weighted by atomic mass is 35.5. The highest BCUT2D eigenvalue weighted by Gasteiger charge is 2.25. The Bertz CT molecular complexity index is 1220. The molecule has 2 aromatic heterocycles. The van der Waals surface area contributed by atoms with Crippen LogP contribution < -0.4 is 19.7 Å². The number of halogens is 1. The Balaban J connectivity index is 1.31. The highest BCUT2D eigenvalue weighted by Crippen LogP contribution is 2.30. The molecule has 176 valence electrons. The molecule has 3 heterocycles. The number of nitrogens with one attached hydrogen (secondary N) is 1. The minimum atomic E-state index is 0.120. The van der Waals surface area contributed by atoms with Crippen LogP contribution in [0, 0.1) is 0 Å². The van der Waals surface area contributed by atoms with Crippen LogP contribution in [0.1, 0.15) is 26.2 Å². The maximum Gasteiger partial charge on any atom is 0.245 e. The lowest BCUT2D eigenvalue weighted by atomic mass is 10.1. The zero-order valence-electron chi connectivity index (χ0n) is 18.8. The Morgan fingerprint density at radius 3 is 2.35 bits per heavy atom.